The average Bonchev–Trinajstić information content (AvgIpc) is 3.15. The van der Waals surface area contributed by atoms with Crippen LogP contribution in [-0.2, 0) is 16.7 Å². The Labute approximate surface area is 186 Å². The molecule has 9 nitrogen and oxygen atoms in total. The van der Waals surface area contributed by atoms with Gasteiger partial charge in [-0.15, -0.1) is 0 Å². The fourth-order valence-corrected chi connectivity index (χ4v) is 4.87. The summed E-state index contributed by atoms with van der Waals surface area (Å²) in [6.45, 7) is 5.92. The normalized spacial score (nSPS) is 27.9. The summed E-state index contributed by atoms with van der Waals surface area (Å²) in [5.74, 6) is -0.429. The van der Waals surface area contributed by atoms with Gasteiger partial charge in [0.2, 0.25) is 5.91 Å². The molecule has 2 aromatic heterocycles. The quantitative estimate of drug-likeness (QED) is 0.673. The highest BCUT2D eigenvalue weighted by Crippen LogP contribution is 2.40. The van der Waals surface area contributed by atoms with Crippen molar-refractivity contribution in [3.63, 3.8) is 0 Å². The van der Waals surface area contributed by atoms with Crippen LogP contribution in [0.5, 0.6) is 0 Å². The molecule has 1 aliphatic carbocycles. The van der Waals surface area contributed by atoms with Crippen LogP contribution in [0.15, 0.2) is 23.1 Å². The second kappa shape index (κ2) is 8.99. The monoisotopic (exact) mass is 441 g/mol. The first-order valence-corrected chi connectivity index (χ1v) is 11.2. The number of hydrogen-bond donors (Lipinski definition) is 3. The third-order valence-electron chi connectivity index (χ3n) is 6.76. The summed E-state index contributed by atoms with van der Waals surface area (Å²) < 4.78 is 1.67. The number of imide groups is 1. The Kier molecular flexibility index (Phi) is 6.30. The second-order valence-corrected chi connectivity index (χ2v) is 9.24. The molecule has 9 heteroatoms. The Bertz CT molecular complexity index is 1100. The molecular weight excluding hydrogens is 410 g/mol. The Balaban J connectivity index is 1.49. The van der Waals surface area contributed by atoms with Crippen LogP contribution in [0.4, 0.5) is 4.79 Å². The number of fused-ring (bicyclic) bond motifs is 1. The number of carbonyl (C=O) groups is 2. The van der Waals surface area contributed by atoms with Gasteiger partial charge in [-0.3, -0.25) is 24.7 Å². The second-order valence-electron chi connectivity index (χ2n) is 9.24. The van der Waals surface area contributed by atoms with Gasteiger partial charge in [-0.2, -0.15) is 5.48 Å². The van der Waals surface area contributed by atoms with Crippen molar-refractivity contribution < 1.29 is 14.4 Å². The van der Waals surface area contributed by atoms with Crippen molar-refractivity contribution in [3.8, 4) is 0 Å². The van der Waals surface area contributed by atoms with E-state index in [0.717, 1.165) is 23.0 Å². The minimum Gasteiger partial charge on any atom is -0.320 e. The van der Waals surface area contributed by atoms with E-state index in [2.05, 4.69) is 28.0 Å². The van der Waals surface area contributed by atoms with Gasteiger partial charge in [-0.25, -0.2) is 4.79 Å². The minimum absolute atomic E-state index is 0.000253. The number of carbonyl (C=O) groups excluding carboxylic acids is 2. The smallest absolute Gasteiger partial charge is 0.320 e. The van der Waals surface area contributed by atoms with E-state index >= 15 is 0 Å². The first kappa shape index (κ1) is 22.4. The molecule has 32 heavy (non-hydrogen) atoms. The van der Waals surface area contributed by atoms with Gasteiger partial charge in [-0.1, -0.05) is 6.92 Å². The number of hydrogen-bond acceptors (Lipinski definition) is 6. The van der Waals surface area contributed by atoms with Gasteiger partial charge in [0, 0.05) is 42.2 Å². The number of nitrogens with zero attached hydrogens (tertiary/aromatic N) is 2. The highest BCUT2D eigenvalue weighted by atomic mass is 16.7. The van der Waals surface area contributed by atoms with Crippen LogP contribution in [0.2, 0.25) is 0 Å². The van der Waals surface area contributed by atoms with Crippen LogP contribution >= 0.6 is 0 Å². The van der Waals surface area contributed by atoms with Gasteiger partial charge in [0.1, 0.15) is 6.17 Å². The van der Waals surface area contributed by atoms with E-state index in [-0.39, 0.29) is 41.5 Å². The summed E-state index contributed by atoms with van der Waals surface area (Å²) in [6, 6.07) is 3.29. The van der Waals surface area contributed by atoms with Crippen molar-refractivity contribution in [3.05, 3.63) is 39.9 Å². The molecule has 3 amide bonds. The Hall–Kier alpha value is -2.78. The lowest BCUT2D eigenvalue weighted by atomic mass is 9.71. The number of amides is 3. The molecule has 1 saturated carbocycles. The molecule has 4 rings (SSSR count). The molecule has 0 spiro atoms. The molecular formula is C23H31N5O4. The number of pyridine rings is 2. The Morgan fingerprint density at radius 1 is 1.22 bits per heavy atom. The fraction of sp³-hybridized carbons (Fsp3) is 0.565. The largest absolute Gasteiger partial charge is 0.322 e. The zero-order valence-electron chi connectivity index (χ0n) is 19.0. The van der Waals surface area contributed by atoms with E-state index in [0.29, 0.717) is 24.8 Å². The van der Waals surface area contributed by atoms with Gasteiger partial charge in [0.25, 0.3) is 5.56 Å². The lowest BCUT2D eigenvalue weighted by Crippen LogP contribution is -2.49. The van der Waals surface area contributed by atoms with E-state index in [1.54, 1.807) is 17.8 Å². The molecule has 0 radical (unpaired) electrons. The average molecular weight is 442 g/mol. The van der Waals surface area contributed by atoms with Gasteiger partial charge in [-0.05, 0) is 57.1 Å². The molecule has 0 aromatic carbocycles. The molecule has 1 aliphatic heterocycles. The zero-order chi connectivity index (χ0) is 23.0. The van der Waals surface area contributed by atoms with E-state index in [9.17, 15) is 14.4 Å². The highest BCUT2D eigenvalue weighted by molar-refractivity contribution is 5.95. The maximum absolute atomic E-state index is 13.2. The molecule has 1 saturated heterocycles. The lowest BCUT2D eigenvalue weighted by Gasteiger charge is -2.33. The van der Waals surface area contributed by atoms with Crippen LogP contribution in [-0.4, -0.2) is 33.8 Å². The molecule has 2 aliphatic rings. The van der Waals surface area contributed by atoms with Crippen LogP contribution in [0.25, 0.3) is 10.9 Å². The summed E-state index contributed by atoms with van der Waals surface area (Å²) in [5.41, 5.74) is 5.10. The number of aryl methyl sites for hydroxylation is 2. The van der Waals surface area contributed by atoms with Gasteiger partial charge >= 0.3 is 6.03 Å². The van der Waals surface area contributed by atoms with Crippen LogP contribution in [0.1, 0.15) is 56.7 Å². The van der Waals surface area contributed by atoms with Crippen LogP contribution in [0, 0.1) is 18.8 Å². The van der Waals surface area contributed by atoms with E-state index < -0.39 is 6.03 Å². The third kappa shape index (κ3) is 4.54. The van der Waals surface area contributed by atoms with E-state index in [1.165, 1.54) is 0 Å². The summed E-state index contributed by atoms with van der Waals surface area (Å²) in [4.78, 5) is 47.8. The number of aromatic nitrogens is 2. The zero-order valence-corrected chi connectivity index (χ0v) is 19.0. The molecule has 5 atom stereocenters. The molecule has 2 aromatic rings. The van der Waals surface area contributed by atoms with Gasteiger partial charge in [0.05, 0.1) is 11.6 Å². The summed E-state index contributed by atoms with van der Waals surface area (Å²) in [6.07, 6.45) is 4.12. The van der Waals surface area contributed by atoms with Crippen LogP contribution < -0.4 is 21.7 Å². The molecule has 172 valence electrons. The maximum atomic E-state index is 13.2. The van der Waals surface area contributed by atoms with Crippen molar-refractivity contribution >= 4 is 22.8 Å². The van der Waals surface area contributed by atoms with Crippen molar-refractivity contribution in [2.24, 2.45) is 18.9 Å². The fourth-order valence-electron chi connectivity index (χ4n) is 4.87. The topological polar surface area (TPSA) is 114 Å². The maximum Gasteiger partial charge on any atom is 0.322 e. The predicted octanol–water partition coefficient (Wildman–Crippen LogP) is 2.23. The molecule has 3 N–H and O–H groups in total. The van der Waals surface area contributed by atoms with E-state index in [1.807, 2.05) is 26.0 Å². The van der Waals surface area contributed by atoms with Gasteiger partial charge in [0.15, 0.2) is 0 Å². The number of urea groups is 1. The van der Waals surface area contributed by atoms with Crippen molar-refractivity contribution in [1.82, 2.24) is 25.7 Å². The summed E-state index contributed by atoms with van der Waals surface area (Å²) in [7, 11) is 1.78. The van der Waals surface area contributed by atoms with Crippen molar-refractivity contribution in [1.29, 1.82) is 0 Å². The summed E-state index contributed by atoms with van der Waals surface area (Å²) in [5, 5.41) is 6.08. The number of hydroxylamine groups is 1. The van der Waals surface area contributed by atoms with E-state index in [4.69, 9.17) is 4.84 Å². The van der Waals surface area contributed by atoms with Crippen LogP contribution in [0.3, 0.4) is 0 Å². The lowest BCUT2D eigenvalue weighted by molar-refractivity contribution is -0.125. The third-order valence-corrected chi connectivity index (χ3v) is 6.76. The van der Waals surface area contributed by atoms with Crippen molar-refractivity contribution in [2.45, 2.75) is 64.6 Å². The SMILES string of the molecule is Cc1cc2c(cn1)cc(C1CC(C(=O)NC(=O)NC3CC(C)ON3)CCC1C)c(=O)n2C. The summed E-state index contributed by atoms with van der Waals surface area (Å²) >= 11 is 0. The number of nitrogens with one attached hydrogen (secondary N) is 3. The Morgan fingerprint density at radius 3 is 2.72 bits per heavy atom. The first-order valence-electron chi connectivity index (χ1n) is 11.2. The van der Waals surface area contributed by atoms with Crippen molar-refractivity contribution in [2.75, 3.05) is 0 Å². The number of rotatable bonds is 3. The highest BCUT2D eigenvalue weighted by Gasteiger charge is 2.35. The molecule has 3 heterocycles. The standard InChI is InChI=1S/C23H31N5O4/c1-12-5-6-15(21(29)26-23(31)25-20-8-14(3)32-27-20)9-17(12)18-10-16-11-24-13(2)7-19(16)28(4)22(18)30/h7,10-12,14-15,17,20,27H,5-6,8-9H2,1-4H3,(H2,25,26,29,31). The molecule has 0 bridgehead atoms. The molecule has 2 fully saturated rings. The predicted molar refractivity (Wildman–Crippen MR) is 120 cm³/mol. The molecule has 5 unspecified atom stereocenters. The minimum atomic E-state index is -0.538. The van der Waals surface area contributed by atoms with Gasteiger partial charge < -0.3 is 9.88 Å². The first-order chi connectivity index (χ1) is 15.2. The Morgan fingerprint density at radius 2 is 2.00 bits per heavy atom.